The molecule has 1 aliphatic carbocycles. The number of aryl methyl sites for hydroxylation is 1. The molecule has 1 saturated heterocycles. The molecular formula is C28H33FN4O2. The largest absolute Gasteiger partial charge is 0.335 e. The third-order valence-electron chi connectivity index (χ3n) is 7.74. The summed E-state index contributed by atoms with van der Waals surface area (Å²) in [5.74, 6) is -0.290. The molecule has 1 unspecified atom stereocenters. The normalized spacial score (nSPS) is 19.5. The first-order valence-electron chi connectivity index (χ1n) is 12.8. The van der Waals surface area contributed by atoms with Crippen LogP contribution in [0.1, 0.15) is 81.0 Å². The van der Waals surface area contributed by atoms with Gasteiger partial charge in [0.05, 0.1) is 5.69 Å². The quantitative estimate of drug-likeness (QED) is 0.477. The molecule has 0 N–H and O–H groups in total. The van der Waals surface area contributed by atoms with Gasteiger partial charge in [0.1, 0.15) is 17.3 Å². The highest BCUT2D eigenvalue weighted by Crippen LogP contribution is 2.46. The number of hydrogen-bond acceptors (Lipinski definition) is 4. The number of ketones is 1. The molecule has 1 aliphatic heterocycles. The van der Waals surface area contributed by atoms with E-state index in [0.29, 0.717) is 34.6 Å². The van der Waals surface area contributed by atoms with Gasteiger partial charge in [-0.15, -0.1) is 0 Å². The molecule has 3 heterocycles. The van der Waals surface area contributed by atoms with Gasteiger partial charge in [-0.05, 0) is 62.8 Å². The molecule has 1 saturated carbocycles. The highest BCUT2D eigenvalue weighted by atomic mass is 19.1. The van der Waals surface area contributed by atoms with E-state index >= 15 is 4.39 Å². The third kappa shape index (κ3) is 4.60. The van der Waals surface area contributed by atoms with Gasteiger partial charge in [0.25, 0.3) is 5.91 Å². The van der Waals surface area contributed by atoms with Crippen molar-refractivity contribution in [1.29, 1.82) is 0 Å². The number of carbonyl (C=O) groups is 2. The van der Waals surface area contributed by atoms with Crippen molar-refractivity contribution in [2.24, 2.45) is 5.41 Å². The lowest BCUT2D eigenvalue weighted by atomic mass is 9.96. The van der Waals surface area contributed by atoms with Crippen molar-refractivity contribution in [2.75, 3.05) is 6.54 Å². The summed E-state index contributed by atoms with van der Waals surface area (Å²) in [6.45, 7) is 6.83. The van der Waals surface area contributed by atoms with Crippen LogP contribution in [0, 0.1) is 11.2 Å². The van der Waals surface area contributed by atoms with Crippen LogP contribution < -0.4 is 0 Å². The fraction of sp³-hybridized carbons (Fsp3) is 0.500. The molecule has 0 spiro atoms. The first kappa shape index (κ1) is 23.6. The van der Waals surface area contributed by atoms with E-state index in [-0.39, 0.29) is 29.6 Å². The number of aromatic nitrogens is 3. The van der Waals surface area contributed by atoms with Crippen LogP contribution in [0.25, 0.3) is 16.9 Å². The van der Waals surface area contributed by atoms with Crippen LogP contribution in [0.15, 0.2) is 30.3 Å². The minimum atomic E-state index is -0.410. The minimum Gasteiger partial charge on any atom is -0.335 e. The first-order valence-corrected chi connectivity index (χ1v) is 12.8. The number of carbonyl (C=O) groups excluding carboxylic acids is 2. The summed E-state index contributed by atoms with van der Waals surface area (Å²) in [5.41, 5.74) is 3.08. The Labute approximate surface area is 205 Å². The first-order chi connectivity index (χ1) is 16.8. The van der Waals surface area contributed by atoms with E-state index in [4.69, 9.17) is 0 Å². The maximum absolute atomic E-state index is 15.1. The number of hydrogen-bond donors (Lipinski definition) is 0. The second-order valence-corrected chi connectivity index (χ2v) is 10.5. The Morgan fingerprint density at radius 3 is 2.66 bits per heavy atom. The summed E-state index contributed by atoms with van der Waals surface area (Å²) in [6.07, 6.45) is 7.05. The number of likely N-dealkylation sites (tertiary alicyclic amines) is 1. The van der Waals surface area contributed by atoms with Crippen molar-refractivity contribution in [2.45, 2.75) is 78.2 Å². The summed E-state index contributed by atoms with van der Waals surface area (Å²) >= 11 is 0. The van der Waals surface area contributed by atoms with E-state index in [9.17, 15) is 9.59 Å². The summed E-state index contributed by atoms with van der Waals surface area (Å²) in [5, 5.41) is 4.62. The SMILES string of the molecule is CCc1cc(C(=O)N2CCCCCC2C)nc2cc(-c3ccc(CC(=O)C4(C)CC4)cc3F)nn12. The zero-order valence-corrected chi connectivity index (χ0v) is 20.8. The van der Waals surface area contributed by atoms with Crippen molar-refractivity contribution >= 4 is 17.3 Å². The molecule has 184 valence electrons. The van der Waals surface area contributed by atoms with Crippen molar-refractivity contribution in [3.63, 3.8) is 0 Å². The van der Waals surface area contributed by atoms with Gasteiger partial charge >= 0.3 is 0 Å². The zero-order chi connectivity index (χ0) is 24.7. The number of Topliss-reactive ketones (excluding diaryl/α,β-unsaturated/α-hetero) is 1. The Morgan fingerprint density at radius 1 is 1.14 bits per heavy atom. The molecule has 6 nitrogen and oxygen atoms in total. The van der Waals surface area contributed by atoms with Gasteiger partial charge in [0.15, 0.2) is 5.65 Å². The summed E-state index contributed by atoms with van der Waals surface area (Å²) in [7, 11) is 0. The van der Waals surface area contributed by atoms with Crippen LogP contribution in [-0.4, -0.2) is 43.8 Å². The van der Waals surface area contributed by atoms with Crippen LogP contribution in [-0.2, 0) is 17.6 Å². The van der Waals surface area contributed by atoms with Gasteiger partial charge in [-0.2, -0.15) is 5.10 Å². The van der Waals surface area contributed by atoms with Crippen LogP contribution in [0.5, 0.6) is 0 Å². The fourth-order valence-electron chi connectivity index (χ4n) is 5.00. The van der Waals surface area contributed by atoms with Gasteiger partial charge in [-0.25, -0.2) is 13.9 Å². The number of benzene rings is 1. The van der Waals surface area contributed by atoms with E-state index in [1.54, 1.807) is 22.7 Å². The molecular weight excluding hydrogens is 443 g/mol. The maximum Gasteiger partial charge on any atom is 0.272 e. The van der Waals surface area contributed by atoms with Crippen molar-refractivity contribution < 1.29 is 14.0 Å². The molecule has 2 aliphatic rings. The van der Waals surface area contributed by atoms with Crippen molar-refractivity contribution in [3.05, 3.63) is 53.1 Å². The summed E-state index contributed by atoms with van der Waals surface area (Å²) in [6, 6.07) is 8.66. The summed E-state index contributed by atoms with van der Waals surface area (Å²) in [4.78, 5) is 32.3. The Balaban J connectivity index is 1.45. The minimum absolute atomic E-state index is 0.0519. The molecule has 5 rings (SSSR count). The molecule has 3 aromatic rings. The second-order valence-electron chi connectivity index (χ2n) is 10.5. The number of halogens is 1. The molecule has 35 heavy (non-hydrogen) atoms. The van der Waals surface area contributed by atoms with Crippen LogP contribution in [0.3, 0.4) is 0 Å². The van der Waals surface area contributed by atoms with Gasteiger partial charge in [-0.3, -0.25) is 9.59 Å². The maximum atomic E-state index is 15.1. The predicted molar refractivity (Wildman–Crippen MR) is 133 cm³/mol. The van der Waals surface area contributed by atoms with E-state index in [1.165, 1.54) is 6.07 Å². The molecule has 0 radical (unpaired) electrons. The smallest absolute Gasteiger partial charge is 0.272 e. The summed E-state index contributed by atoms with van der Waals surface area (Å²) < 4.78 is 16.8. The number of amides is 1. The topological polar surface area (TPSA) is 67.6 Å². The second kappa shape index (κ2) is 9.17. The average molecular weight is 477 g/mol. The van der Waals surface area contributed by atoms with E-state index < -0.39 is 5.82 Å². The van der Waals surface area contributed by atoms with E-state index in [0.717, 1.165) is 50.8 Å². The zero-order valence-electron chi connectivity index (χ0n) is 20.8. The van der Waals surface area contributed by atoms with Gasteiger partial charge in [0, 0.05) is 41.7 Å². The van der Waals surface area contributed by atoms with Crippen LogP contribution >= 0.6 is 0 Å². The Morgan fingerprint density at radius 2 is 1.94 bits per heavy atom. The van der Waals surface area contributed by atoms with Crippen molar-refractivity contribution in [3.8, 4) is 11.3 Å². The molecule has 1 amide bonds. The lowest BCUT2D eigenvalue weighted by Gasteiger charge is -2.27. The number of nitrogens with zero attached hydrogens (tertiary/aromatic N) is 4. The Hall–Kier alpha value is -3.09. The Kier molecular flexibility index (Phi) is 6.20. The Bertz CT molecular complexity index is 1290. The third-order valence-corrected chi connectivity index (χ3v) is 7.74. The van der Waals surface area contributed by atoms with E-state index in [1.807, 2.05) is 24.8 Å². The molecule has 1 atom stereocenters. The van der Waals surface area contributed by atoms with Crippen LogP contribution in [0.4, 0.5) is 4.39 Å². The fourth-order valence-corrected chi connectivity index (χ4v) is 5.00. The lowest BCUT2D eigenvalue weighted by molar-refractivity contribution is -0.122. The monoisotopic (exact) mass is 476 g/mol. The average Bonchev–Trinajstić information content (AvgIpc) is 3.51. The number of rotatable bonds is 6. The van der Waals surface area contributed by atoms with Crippen molar-refractivity contribution in [1.82, 2.24) is 19.5 Å². The van der Waals surface area contributed by atoms with E-state index in [2.05, 4.69) is 17.0 Å². The highest BCUT2D eigenvalue weighted by Gasteiger charge is 2.44. The molecule has 0 bridgehead atoms. The molecule has 2 fully saturated rings. The van der Waals surface area contributed by atoms with Crippen LogP contribution in [0.2, 0.25) is 0 Å². The molecule has 2 aromatic heterocycles. The van der Waals surface area contributed by atoms with Gasteiger partial charge in [0.2, 0.25) is 0 Å². The standard InChI is InChI=1S/C28H33FN4O2/c1-4-20-16-24(27(35)32-13-7-5-6-8-18(32)2)30-26-17-23(31-33(20)26)21-10-9-19(14-22(21)29)15-25(34)28(3)11-12-28/h9-10,14,16-18H,4-8,11-13,15H2,1-3H3. The van der Waals surface area contributed by atoms with Gasteiger partial charge in [-0.1, -0.05) is 32.8 Å². The predicted octanol–water partition coefficient (Wildman–Crippen LogP) is 5.41. The number of fused-ring (bicyclic) bond motifs is 1. The molecule has 1 aromatic carbocycles. The molecule has 7 heteroatoms. The lowest BCUT2D eigenvalue weighted by Crippen LogP contribution is -2.38. The van der Waals surface area contributed by atoms with Gasteiger partial charge < -0.3 is 4.90 Å². The highest BCUT2D eigenvalue weighted by molar-refractivity contribution is 5.93.